The molecule has 2 aromatic carbocycles. The van der Waals surface area contributed by atoms with Gasteiger partial charge in [-0.25, -0.2) is 0 Å². The molecule has 0 aromatic heterocycles. The van der Waals surface area contributed by atoms with Gasteiger partial charge in [-0.2, -0.15) is 0 Å². The molecule has 6 heteroatoms. The number of carbonyl (C=O) groups excluding carboxylic acids is 1. The first-order valence-electron chi connectivity index (χ1n) is 9.34. The molecular weight excluding hydrogens is 362 g/mol. The van der Waals surface area contributed by atoms with Gasteiger partial charge in [0.1, 0.15) is 6.61 Å². The fraction of sp³-hybridized carbons (Fsp3) is 0.381. The van der Waals surface area contributed by atoms with Crippen LogP contribution >= 0.6 is 11.6 Å². The highest BCUT2D eigenvalue weighted by atomic mass is 35.5. The minimum atomic E-state index is -0.165. The lowest BCUT2D eigenvalue weighted by molar-refractivity contribution is -0.121. The van der Waals surface area contributed by atoms with E-state index in [1.54, 1.807) is 0 Å². The van der Waals surface area contributed by atoms with E-state index in [1.165, 1.54) is 0 Å². The van der Waals surface area contributed by atoms with Crippen molar-refractivity contribution in [2.75, 3.05) is 49.5 Å². The number of benzene rings is 2. The number of ether oxygens (including phenoxy) is 1. The molecule has 0 atom stereocenters. The van der Waals surface area contributed by atoms with E-state index in [-0.39, 0.29) is 12.5 Å². The number of anilines is 2. The van der Waals surface area contributed by atoms with Gasteiger partial charge >= 0.3 is 0 Å². The molecule has 0 aliphatic carbocycles. The van der Waals surface area contributed by atoms with Crippen LogP contribution in [0.2, 0.25) is 5.02 Å². The lowest BCUT2D eigenvalue weighted by Crippen LogP contribution is -2.46. The minimum Gasteiger partial charge on any atom is -0.367 e. The third kappa shape index (κ3) is 5.45. The average molecular weight is 388 g/mol. The molecule has 0 bridgehead atoms. The van der Waals surface area contributed by atoms with Crippen LogP contribution in [-0.4, -0.2) is 50.1 Å². The quantitative estimate of drug-likeness (QED) is 0.787. The van der Waals surface area contributed by atoms with Gasteiger partial charge in [0, 0.05) is 31.2 Å². The van der Waals surface area contributed by atoms with Crippen LogP contribution in [-0.2, 0) is 16.1 Å². The van der Waals surface area contributed by atoms with Crippen molar-refractivity contribution >= 4 is 28.9 Å². The highest BCUT2D eigenvalue weighted by Crippen LogP contribution is 2.26. The molecule has 2 aromatic rings. The number of para-hydroxylation sites is 2. The van der Waals surface area contributed by atoms with E-state index in [2.05, 4.69) is 28.1 Å². The Morgan fingerprint density at radius 1 is 1.07 bits per heavy atom. The first-order chi connectivity index (χ1) is 13.2. The van der Waals surface area contributed by atoms with Gasteiger partial charge in [0.2, 0.25) is 5.91 Å². The van der Waals surface area contributed by atoms with Crippen LogP contribution in [0.1, 0.15) is 12.5 Å². The molecule has 0 radical (unpaired) electrons. The van der Waals surface area contributed by atoms with Crippen LogP contribution in [0.5, 0.6) is 0 Å². The molecule has 0 unspecified atom stereocenters. The normalized spacial score (nSPS) is 15.0. The van der Waals surface area contributed by atoms with Crippen LogP contribution in [0.3, 0.4) is 0 Å². The third-order valence-electron chi connectivity index (χ3n) is 4.79. The zero-order chi connectivity index (χ0) is 19.1. The van der Waals surface area contributed by atoms with E-state index in [9.17, 15) is 4.79 Å². The summed E-state index contributed by atoms with van der Waals surface area (Å²) in [7, 11) is 0. The summed E-state index contributed by atoms with van der Waals surface area (Å²) in [6.07, 6.45) is 0. The van der Waals surface area contributed by atoms with E-state index in [4.69, 9.17) is 16.3 Å². The van der Waals surface area contributed by atoms with Gasteiger partial charge in [-0.15, -0.1) is 0 Å². The van der Waals surface area contributed by atoms with Gasteiger partial charge in [-0.3, -0.25) is 4.79 Å². The van der Waals surface area contributed by atoms with E-state index in [0.29, 0.717) is 11.6 Å². The molecule has 0 spiro atoms. The largest absolute Gasteiger partial charge is 0.367 e. The van der Waals surface area contributed by atoms with Crippen molar-refractivity contribution < 1.29 is 9.53 Å². The van der Waals surface area contributed by atoms with Gasteiger partial charge in [-0.1, -0.05) is 48.9 Å². The maximum Gasteiger partial charge on any atom is 0.250 e. The summed E-state index contributed by atoms with van der Waals surface area (Å²) in [5.74, 6) is -0.165. The molecule has 1 aliphatic heterocycles. The number of nitrogens with one attached hydrogen (secondary N) is 1. The van der Waals surface area contributed by atoms with Gasteiger partial charge < -0.3 is 19.9 Å². The van der Waals surface area contributed by atoms with Gasteiger partial charge in [-0.05, 0) is 30.3 Å². The molecule has 1 N–H and O–H groups in total. The van der Waals surface area contributed by atoms with Crippen molar-refractivity contribution in [3.05, 3.63) is 59.1 Å². The van der Waals surface area contributed by atoms with E-state index in [0.717, 1.165) is 49.7 Å². The lowest BCUT2D eigenvalue weighted by atomic mass is 10.2. The SMILES string of the molecule is CCN1CCN(c2ccccc2NC(=O)COCc2ccccc2Cl)CC1. The summed E-state index contributed by atoms with van der Waals surface area (Å²) >= 11 is 6.11. The molecule has 27 heavy (non-hydrogen) atoms. The Morgan fingerprint density at radius 2 is 1.78 bits per heavy atom. The van der Waals surface area contributed by atoms with Gasteiger partial charge in [0.05, 0.1) is 18.0 Å². The monoisotopic (exact) mass is 387 g/mol. The number of hydrogen-bond acceptors (Lipinski definition) is 4. The van der Waals surface area contributed by atoms with E-state index >= 15 is 0 Å². The van der Waals surface area contributed by atoms with E-state index in [1.807, 2.05) is 42.5 Å². The van der Waals surface area contributed by atoms with Gasteiger partial charge in [0.25, 0.3) is 0 Å². The van der Waals surface area contributed by atoms with Crippen LogP contribution in [0.4, 0.5) is 11.4 Å². The molecule has 1 aliphatic rings. The number of halogens is 1. The number of likely N-dealkylation sites (N-methyl/N-ethyl adjacent to an activating group) is 1. The Kier molecular flexibility index (Phi) is 7.10. The second-order valence-corrected chi connectivity index (χ2v) is 6.98. The molecule has 144 valence electrons. The lowest BCUT2D eigenvalue weighted by Gasteiger charge is -2.36. The number of nitrogens with zero attached hydrogens (tertiary/aromatic N) is 2. The number of rotatable bonds is 7. The van der Waals surface area contributed by atoms with Crippen LogP contribution < -0.4 is 10.2 Å². The zero-order valence-corrected chi connectivity index (χ0v) is 16.4. The Morgan fingerprint density at radius 3 is 2.52 bits per heavy atom. The minimum absolute atomic E-state index is 0.0107. The zero-order valence-electron chi connectivity index (χ0n) is 15.7. The molecule has 1 amide bonds. The van der Waals surface area contributed by atoms with Crippen LogP contribution in [0, 0.1) is 0 Å². The predicted octanol–water partition coefficient (Wildman–Crippen LogP) is 3.64. The van der Waals surface area contributed by atoms with E-state index < -0.39 is 0 Å². The molecule has 0 saturated carbocycles. The molecule has 1 fully saturated rings. The molecule has 1 heterocycles. The number of carbonyl (C=O) groups is 1. The number of hydrogen-bond donors (Lipinski definition) is 1. The van der Waals surface area contributed by atoms with Crippen molar-refractivity contribution in [2.24, 2.45) is 0 Å². The van der Waals surface area contributed by atoms with Crippen molar-refractivity contribution in [3.63, 3.8) is 0 Å². The molecule has 1 saturated heterocycles. The molecule has 3 rings (SSSR count). The van der Waals surface area contributed by atoms with Crippen molar-refractivity contribution in [1.29, 1.82) is 0 Å². The summed E-state index contributed by atoms with van der Waals surface area (Å²) < 4.78 is 5.53. The van der Waals surface area contributed by atoms with Crippen molar-refractivity contribution in [1.82, 2.24) is 4.90 Å². The predicted molar refractivity (Wildman–Crippen MR) is 111 cm³/mol. The van der Waals surface area contributed by atoms with Gasteiger partial charge in [0.15, 0.2) is 0 Å². The summed E-state index contributed by atoms with van der Waals surface area (Å²) in [6, 6.07) is 15.4. The highest BCUT2D eigenvalue weighted by Gasteiger charge is 2.18. The van der Waals surface area contributed by atoms with Crippen LogP contribution in [0.15, 0.2) is 48.5 Å². The number of amides is 1. The maximum absolute atomic E-state index is 12.3. The third-order valence-corrected chi connectivity index (χ3v) is 5.16. The smallest absolute Gasteiger partial charge is 0.250 e. The second kappa shape index (κ2) is 9.74. The standard InChI is InChI=1S/C21H26ClN3O2/c1-2-24-11-13-25(14-12-24)20-10-6-5-9-19(20)23-21(26)16-27-15-17-7-3-4-8-18(17)22/h3-10H,2,11-16H2,1H3,(H,23,26). The Balaban J connectivity index is 1.54. The fourth-order valence-corrected chi connectivity index (χ4v) is 3.41. The molecular formula is C21H26ClN3O2. The summed E-state index contributed by atoms with van der Waals surface area (Å²) in [6.45, 7) is 7.57. The second-order valence-electron chi connectivity index (χ2n) is 6.57. The summed E-state index contributed by atoms with van der Waals surface area (Å²) in [4.78, 5) is 17.1. The summed E-state index contributed by atoms with van der Waals surface area (Å²) in [5, 5.41) is 3.63. The molecule has 5 nitrogen and oxygen atoms in total. The first-order valence-corrected chi connectivity index (χ1v) is 9.72. The first kappa shape index (κ1) is 19.7. The Bertz CT molecular complexity index is 761. The Hall–Kier alpha value is -2.08. The number of piperazine rings is 1. The van der Waals surface area contributed by atoms with Crippen LogP contribution in [0.25, 0.3) is 0 Å². The van der Waals surface area contributed by atoms with Crippen molar-refractivity contribution in [3.8, 4) is 0 Å². The Labute approximate surface area is 165 Å². The topological polar surface area (TPSA) is 44.8 Å². The fourth-order valence-electron chi connectivity index (χ4n) is 3.22. The average Bonchev–Trinajstić information content (AvgIpc) is 2.70. The maximum atomic E-state index is 12.3. The summed E-state index contributed by atoms with van der Waals surface area (Å²) in [5.41, 5.74) is 2.77. The van der Waals surface area contributed by atoms with Crippen molar-refractivity contribution in [2.45, 2.75) is 13.5 Å². The highest BCUT2D eigenvalue weighted by molar-refractivity contribution is 6.31.